The maximum atomic E-state index is 12.3. The average Bonchev–Trinajstić information content (AvgIpc) is 3.28. The minimum absolute atomic E-state index is 0.0532. The highest BCUT2D eigenvalue weighted by atomic mass is 16.2. The molecule has 0 radical (unpaired) electrons. The van der Waals surface area contributed by atoms with Gasteiger partial charge in [-0.15, -0.1) is 0 Å². The van der Waals surface area contributed by atoms with Gasteiger partial charge >= 0.3 is 0 Å². The highest BCUT2D eigenvalue weighted by Gasteiger charge is 2.36. The summed E-state index contributed by atoms with van der Waals surface area (Å²) in [5.41, 5.74) is 2.99. The Bertz CT molecular complexity index is 589. The van der Waals surface area contributed by atoms with E-state index in [9.17, 15) is 9.59 Å². The molecule has 2 aliphatic rings. The number of fused-ring (bicyclic) bond motifs is 1. The number of benzene rings is 1. The quantitative estimate of drug-likeness (QED) is 0.906. The zero-order valence-electron chi connectivity index (χ0n) is 13.4. The number of hydrogen-bond donors (Lipinski definition) is 1. The van der Waals surface area contributed by atoms with Crippen molar-refractivity contribution >= 4 is 23.2 Å². The van der Waals surface area contributed by atoms with E-state index in [-0.39, 0.29) is 23.7 Å². The summed E-state index contributed by atoms with van der Waals surface area (Å²) in [5, 5.41) is 3.00. The van der Waals surface area contributed by atoms with E-state index < -0.39 is 0 Å². The SMILES string of the molecule is CCC(CC)C(=O)Nc1ccc2c(c1)N(C(=O)C1CC1)CC2. The van der Waals surface area contributed by atoms with Crippen molar-refractivity contribution in [3.8, 4) is 0 Å². The van der Waals surface area contributed by atoms with Crippen molar-refractivity contribution in [2.75, 3.05) is 16.8 Å². The van der Waals surface area contributed by atoms with Crippen LogP contribution < -0.4 is 10.2 Å². The molecule has 1 heterocycles. The van der Waals surface area contributed by atoms with Crippen molar-refractivity contribution in [1.29, 1.82) is 0 Å². The number of nitrogens with zero attached hydrogens (tertiary/aromatic N) is 1. The van der Waals surface area contributed by atoms with Crippen molar-refractivity contribution in [3.05, 3.63) is 23.8 Å². The van der Waals surface area contributed by atoms with Gasteiger partial charge in [0, 0.05) is 29.8 Å². The van der Waals surface area contributed by atoms with Crippen LogP contribution in [0.25, 0.3) is 0 Å². The molecule has 22 heavy (non-hydrogen) atoms. The van der Waals surface area contributed by atoms with E-state index in [0.29, 0.717) is 0 Å². The summed E-state index contributed by atoms with van der Waals surface area (Å²) in [6.45, 7) is 4.84. The lowest BCUT2D eigenvalue weighted by Crippen LogP contribution is -2.30. The fourth-order valence-corrected chi connectivity index (χ4v) is 3.14. The lowest BCUT2D eigenvalue weighted by Gasteiger charge is -2.18. The molecule has 1 fully saturated rings. The first-order valence-electron chi connectivity index (χ1n) is 8.39. The molecule has 0 unspecified atom stereocenters. The average molecular weight is 300 g/mol. The largest absolute Gasteiger partial charge is 0.326 e. The lowest BCUT2D eigenvalue weighted by atomic mass is 10.0. The predicted molar refractivity (Wildman–Crippen MR) is 87.9 cm³/mol. The van der Waals surface area contributed by atoms with E-state index in [4.69, 9.17) is 0 Å². The third kappa shape index (κ3) is 2.87. The van der Waals surface area contributed by atoms with Gasteiger partial charge in [-0.2, -0.15) is 0 Å². The van der Waals surface area contributed by atoms with Gasteiger partial charge < -0.3 is 10.2 Å². The highest BCUT2D eigenvalue weighted by Crippen LogP contribution is 2.37. The van der Waals surface area contributed by atoms with Gasteiger partial charge in [0.25, 0.3) is 0 Å². The van der Waals surface area contributed by atoms with Crippen molar-refractivity contribution in [1.82, 2.24) is 0 Å². The Morgan fingerprint density at radius 2 is 2.00 bits per heavy atom. The fraction of sp³-hybridized carbons (Fsp3) is 0.556. The van der Waals surface area contributed by atoms with Gasteiger partial charge in [-0.1, -0.05) is 19.9 Å². The molecule has 1 aliphatic heterocycles. The van der Waals surface area contributed by atoms with E-state index in [1.807, 2.05) is 36.9 Å². The van der Waals surface area contributed by atoms with Crippen LogP contribution in [0.2, 0.25) is 0 Å². The van der Waals surface area contributed by atoms with Crippen LogP contribution >= 0.6 is 0 Å². The smallest absolute Gasteiger partial charge is 0.230 e. The minimum atomic E-state index is 0.0532. The van der Waals surface area contributed by atoms with Gasteiger partial charge in [-0.3, -0.25) is 9.59 Å². The topological polar surface area (TPSA) is 49.4 Å². The van der Waals surface area contributed by atoms with Crippen molar-refractivity contribution in [2.24, 2.45) is 11.8 Å². The normalized spacial score (nSPS) is 16.8. The molecule has 0 spiro atoms. The molecule has 4 heteroatoms. The van der Waals surface area contributed by atoms with E-state index in [1.54, 1.807) is 0 Å². The summed E-state index contributed by atoms with van der Waals surface area (Å²) in [4.78, 5) is 26.5. The molecule has 2 amide bonds. The molecule has 0 bridgehead atoms. The van der Waals surface area contributed by atoms with Gasteiger partial charge in [0.1, 0.15) is 0 Å². The molecule has 118 valence electrons. The summed E-state index contributed by atoms with van der Waals surface area (Å²) in [7, 11) is 0. The van der Waals surface area contributed by atoms with Crippen molar-refractivity contribution in [3.63, 3.8) is 0 Å². The second-order valence-corrected chi connectivity index (χ2v) is 6.36. The Labute approximate surface area is 131 Å². The Morgan fingerprint density at radius 1 is 1.27 bits per heavy atom. The Balaban J connectivity index is 1.76. The van der Waals surface area contributed by atoms with Gasteiger partial charge in [0.15, 0.2) is 0 Å². The summed E-state index contributed by atoms with van der Waals surface area (Å²) in [6.07, 6.45) is 4.65. The van der Waals surface area contributed by atoms with Crippen LogP contribution in [0.1, 0.15) is 45.1 Å². The van der Waals surface area contributed by atoms with Crippen LogP contribution in [0, 0.1) is 11.8 Å². The molecular weight excluding hydrogens is 276 g/mol. The molecule has 0 aromatic heterocycles. The molecule has 1 aliphatic carbocycles. The number of carbonyl (C=O) groups excluding carboxylic acids is 2. The summed E-state index contributed by atoms with van der Waals surface area (Å²) in [6, 6.07) is 5.95. The van der Waals surface area contributed by atoms with Crippen LogP contribution in [-0.2, 0) is 16.0 Å². The first kappa shape index (κ1) is 15.1. The summed E-state index contributed by atoms with van der Waals surface area (Å²) < 4.78 is 0. The second kappa shape index (κ2) is 6.11. The van der Waals surface area contributed by atoms with Crippen molar-refractivity contribution < 1.29 is 9.59 Å². The van der Waals surface area contributed by atoms with E-state index in [2.05, 4.69) is 5.32 Å². The van der Waals surface area contributed by atoms with Crippen LogP contribution in [0.3, 0.4) is 0 Å². The number of carbonyl (C=O) groups is 2. The molecular formula is C18H24N2O2. The number of nitrogens with one attached hydrogen (secondary N) is 1. The van der Waals surface area contributed by atoms with Crippen LogP contribution in [0.5, 0.6) is 0 Å². The molecule has 0 saturated heterocycles. The highest BCUT2D eigenvalue weighted by molar-refractivity contribution is 6.00. The number of hydrogen-bond acceptors (Lipinski definition) is 2. The van der Waals surface area contributed by atoms with Gasteiger partial charge in [0.05, 0.1) is 0 Å². The Kier molecular flexibility index (Phi) is 4.19. The standard InChI is InChI=1S/C18H24N2O2/c1-3-12(4-2)17(21)19-15-8-7-13-9-10-20(16(13)11-15)18(22)14-5-6-14/h7-8,11-12,14H,3-6,9-10H2,1-2H3,(H,19,21). The van der Waals surface area contributed by atoms with E-state index in [0.717, 1.165) is 50.0 Å². The van der Waals surface area contributed by atoms with Crippen LogP contribution in [0.4, 0.5) is 11.4 Å². The van der Waals surface area contributed by atoms with Gasteiger partial charge in [-0.05, 0) is 49.8 Å². The van der Waals surface area contributed by atoms with Crippen LogP contribution in [0.15, 0.2) is 18.2 Å². The molecule has 1 saturated carbocycles. The second-order valence-electron chi connectivity index (χ2n) is 6.36. The Hall–Kier alpha value is -1.84. The van der Waals surface area contributed by atoms with Gasteiger partial charge in [-0.25, -0.2) is 0 Å². The maximum Gasteiger partial charge on any atom is 0.230 e. The summed E-state index contributed by atoms with van der Waals surface area (Å²) >= 11 is 0. The lowest BCUT2D eigenvalue weighted by molar-refractivity contribution is -0.120. The maximum absolute atomic E-state index is 12.3. The number of rotatable bonds is 5. The molecule has 3 rings (SSSR count). The summed E-state index contributed by atoms with van der Waals surface area (Å²) in [5.74, 6) is 0.608. The predicted octanol–water partition coefficient (Wildman–Crippen LogP) is 3.36. The monoisotopic (exact) mass is 300 g/mol. The number of amides is 2. The first-order chi connectivity index (χ1) is 10.6. The molecule has 1 N–H and O–H groups in total. The van der Waals surface area contributed by atoms with Crippen LogP contribution in [-0.4, -0.2) is 18.4 Å². The fourth-order valence-electron chi connectivity index (χ4n) is 3.14. The third-order valence-corrected chi connectivity index (χ3v) is 4.80. The zero-order chi connectivity index (χ0) is 15.7. The van der Waals surface area contributed by atoms with E-state index >= 15 is 0 Å². The third-order valence-electron chi connectivity index (χ3n) is 4.80. The first-order valence-corrected chi connectivity index (χ1v) is 8.39. The van der Waals surface area contributed by atoms with Crippen molar-refractivity contribution in [2.45, 2.75) is 46.0 Å². The molecule has 1 aromatic carbocycles. The van der Waals surface area contributed by atoms with E-state index in [1.165, 1.54) is 5.56 Å². The molecule has 4 nitrogen and oxygen atoms in total. The molecule has 0 atom stereocenters. The zero-order valence-corrected chi connectivity index (χ0v) is 13.4. The number of anilines is 2. The Morgan fingerprint density at radius 3 is 2.64 bits per heavy atom. The molecule has 1 aromatic rings. The van der Waals surface area contributed by atoms with Gasteiger partial charge in [0.2, 0.25) is 11.8 Å². The minimum Gasteiger partial charge on any atom is -0.326 e.